The lowest BCUT2D eigenvalue weighted by Crippen LogP contribution is -2.54. The van der Waals surface area contributed by atoms with Crippen LogP contribution in [-0.2, 0) is 35.1 Å². The lowest BCUT2D eigenvalue weighted by Gasteiger charge is -2.41. The number of benzene rings is 1. The van der Waals surface area contributed by atoms with Crippen molar-refractivity contribution in [2.75, 3.05) is 40.9 Å². The molecule has 3 heterocycles. The van der Waals surface area contributed by atoms with Gasteiger partial charge in [0.15, 0.2) is 11.5 Å². The van der Waals surface area contributed by atoms with Gasteiger partial charge in [0, 0.05) is 82.9 Å². The summed E-state index contributed by atoms with van der Waals surface area (Å²) >= 11 is 1.56. The molecule has 2 aromatic rings. The first-order valence-corrected chi connectivity index (χ1v) is 20.6. The van der Waals surface area contributed by atoms with Gasteiger partial charge in [-0.1, -0.05) is 71.4 Å². The molecule has 0 radical (unpaired) electrons. The summed E-state index contributed by atoms with van der Waals surface area (Å²) in [5.74, 6) is -2.29. The summed E-state index contributed by atoms with van der Waals surface area (Å²) in [6, 6.07) is 9.37. The van der Waals surface area contributed by atoms with Crippen molar-refractivity contribution in [1.29, 1.82) is 0 Å². The molecule has 4 rings (SSSR count). The largest absolute Gasteiger partial charge is 0.379 e. The van der Waals surface area contributed by atoms with E-state index in [0.717, 1.165) is 23.4 Å². The molecule has 0 bridgehead atoms. The number of carbonyl (C=O) groups is 4. The molecule has 300 valence electrons. The summed E-state index contributed by atoms with van der Waals surface area (Å²) in [4.78, 5) is 63.6. The minimum Gasteiger partial charge on any atom is -0.379 e. The van der Waals surface area contributed by atoms with Crippen LogP contribution >= 0.6 is 11.3 Å². The van der Waals surface area contributed by atoms with E-state index in [1.165, 1.54) is 0 Å². The van der Waals surface area contributed by atoms with Crippen LogP contribution in [0.4, 0.5) is 4.39 Å². The number of nitrogens with one attached hydrogen (secondary N) is 1. The topological polar surface area (TPSA) is 118 Å². The molecule has 1 aromatic carbocycles. The van der Waals surface area contributed by atoms with Crippen molar-refractivity contribution >= 4 is 34.7 Å². The van der Waals surface area contributed by atoms with E-state index in [4.69, 9.17) is 9.47 Å². The highest BCUT2D eigenvalue weighted by Crippen LogP contribution is 2.34. The highest BCUT2D eigenvalue weighted by Gasteiger charge is 2.46. The van der Waals surface area contributed by atoms with Gasteiger partial charge in [-0.2, -0.15) is 0 Å². The van der Waals surface area contributed by atoms with Crippen molar-refractivity contribution < 1.29 is 33.0 Å². The Morgan fingerprint density at radius 2 is 1.80 bits per heavy atom. The number of alkyl halides is 1. The number of thiazole rings is 1. The van der Waals surface area contributed by atoms with Crippen molar-refractivity contribution in [2.45, 2.75) is 122 Å². The van der Waals surface area contributed by atoms with Crippen LogP contribution in [-0.4, -0.2) is 109 Å². The molecule has 0 spiro atoms. The number of halogens is 1. The molecule has 54 heavy (non-hydrogen) atoms. The monoisotopic (exact) mass is 770 g/mol. The van der Waals surface area contributed by atoms with E-state index in [2.05, 4.69) is 22.4 Å². The molecule has 12 heteroatoms. The zero-order chi connectivity index (χ0) is 39.6. The SMILES string of the molecule is CC[C@H](C)[C@@H]([C@@H](CC(=O)N1CCC[C@H]1[C@H](OC)[C@@H](C)C(=O)C[C@@H](Cc1ccccc1)c1nccs1)OC)N(C)C(=O)[C@@H](CC(=O)[C@@]1(F)CCNC1)C(C)C. The Balaban J connectivity index is 1.47. The second-order valence-corrected chi connectivity index (χ2v) is 16.8. The number of amides is 2. The molecule has 0 saturated carbocycles. The van der Waals surface area contributed by atoms with Gasteiger partial charge in [0.25, 0.3) is 0 Å². The molecular formula is C42H63FN4O6S. The Hall–Kier alpha value is -3.06. The van der Waals surface area contributed by atoms with Crippen LogP contribution in [0.1, 0.15) is 96.1 Å². The Labute approximate surface area is 325 Å². The highest BCUT2D eigenvalue weighted by atomic mass is 32.1. The number of ketones is 2. The van der Waals surface area contributed by atoms with Gasteiger partial charge in [0.1, 0.15) is 5.78 Å². The van der Waals surface area contributed by atoms with E-state index < -0.39 is 41.5 Å². The third kappa shape index (κ3) is 10.6. The molecule has 1 N–H and O–H groups in total. The summed E-state index contributed by atoms with van der Waals surface area (Å²) in [5.41, 5.74) is -0.809. The van der Waals surface area contributed by atoms with E-state index in [1.54, 1.807) is 43.7 Å². The van der Waals surface area contributed by atoms with E-state index in [1.807, 2.05) is 63.1 Å². The number of hydrogen-bond donors (Lipinski definition) is 1. The molecule has 0 unspecified atom stereocenters. The maximum atomic E-state index is 15.4. The zero-order valence-corrected chi connectivity index (χ0v) is 34.4. The predicted octanol–water partition coefficient (Wildman–Crippen LogP) is 6.28. The Bertz CT molecular complexity index is 1500. The van der Waals surface area contributed by atoms with Crippen LogP contribution in [0, 0.1) is 23.7 Å². The second kappa shape index (κ2) is 20.2. The number of hydrogen-bond acceptors (Lipinski definition) is 9. The minimum absolute atomic E-state index is 0.0280. The van der Waals surface area contributed by atoms with E-state index in [-0.39, 0.29) is 67.2 Å². The number of aromatic nitrogens is 1. The molecule has 2 aliphatic heterocycles. The summed E-state index contributed by atoms with van der Waals surface area (Å²) in [6.45, 7) is 10.7. The lowest BCUT2D eigenvalue weighted by molar-refractivity contribution is -0.149. The molecule has 10 nitrogen and oxygen atoms in total. The summed E-state index contributed by atoms with van der Waals surface area (Å²) in [6.07, 6.45) is 3.86. The second-order valence-electron chi connectivity index (χ2n) is 15.9. The first kappa shape index (κ1) is 43.7. The van der Waals surface area contributed by atoms with Gasteiger partial charge in [0.2, 0.25) is 11.8 Å². The van der Waals surface area contributed by atoms with Gasteiger partial charge in [-0.05, 0) is 43.2 Å². The quantitative estimate of drug-likeness (QED) is 0.158. The first-order valence-electron chi connectivity index (χ1n) is 19.8. The summed E-state index contributed by atoms with van der Waals surface area (Å²) < 4.78 is 27.5. The van der Waals surface area contributed by atoms with Gasteiger partial charge >= 0.3 is 0 Å². The van der Waals surface area contributed by atoms with Gasteiger partial charge < -0.3 is 24.6 Å². The van der Waals surface area contributed by atoms with Gasteiger partial charge in [-0.15, -0.1) is 11.3 Å². The van der Waals surface area contributed by atoms with Crippen molar-refractivity contribution in [2.24, 2.45) is 23.7 Å². The molecule has 2 saturated heterocycles. The molecular weight excluding hydrogens is 708 g/mol. The summed E-state index contributed by atoms with van der Waals surface area (Å²) in [7, 11) is 4.88. The molecule has 2 amide bonds. The van der Waals surface area contributed by atoms with Crippen LogP contribution in [0.3, 0.4) is 0 Å². The molecule has 1 aromatic heterocycles. The van der Waals surface area contributed by atoms with Crippen LogP contribution < -0.4 is 5.32 Å². The molecule has 0 aliphatic carbocycles. The van der Waals surface area contributed by atoms with E-state index in [0.29, 0.717) is 32.4 Å². The van der Waals surface area contributed by atoms with Crippen molar-refractivity contribution in [3.05, 3.63) is 52.5 Å². The maximum absolute atomic E-state index is 15.4. The fourth-order valence-corrected chi connectivity index (χ4v) is 9.24. The first-order chi connectivity index (χ1) is 25.8. The number of likely N-dealkylation sites (tertiary alicyclic amines) is 1. The Morgan fingerprint density at radius 3 is 2.37 bits per heavy atom. The normalized spacial score (nSPS) is 22.7. The van der Waals surface area contributed by atoms with Gasteiger partial charge in [-0.25, -0.2) is 9.37 Å². The Morgan fingerprint density at radius 1 is 1.07 bits per heavy atom. The van der Waals surface area contributed by atoms with Crippen LogP contribution in [0.15, 0.2) is 41.9 Å². The third-order valence-electron chi connectivity index (χ3n) is 12.1. The summed E-state index contributed by atoms with van der Waals surface area (Å²) in [5, 5.41) is 5.80. The van der Waals surface area contributed by atoms with Gasteiger partial charge in [-0.3, -0.25) is 19.2 Å². The van der Waals surface area contributed by atoms with Crippen LogP contribution in [0.2, 0.25) is 0 Å². The minimum atomic E-state index is -1.96. The predicted molar refractivity (Wildman–Crippen MR) is 210 cm³/mol. The number of nitrogens with zero attached hydrogens (tertiary/aromatic N) is 3. The fourth-order valence-electron chi connectivity index (χ4n) is 8.50. The molecule has 2 aliphatic rings. The number of rotatable bonds is 21. The number of Topliss-reactive ketones (excluding diaryl/α,β-unsaturated/α-hetero) is 2. The van der Waals surface area contributed by atoms with E-state index >= 15 is 4.39 Å². The smallest absolute Gasteiger partial charge is 0.226 e. The van der Waals surface area contributed by atoms with Gasteiger partial charge in [0.05, 0.1) is 35.7 Å². The van der Waals surface area contributed by atoms with Crippen molar-refractivity contribution in [1.82, 2.24) is 20.1 Å². The van der Waals surface area contributed by atoms with Crippen molar-refractivity contribution in [3.63, 3.8) is 0 Å². The number of likely N-dealkylation sites (N-methyl/N-ethyl adjacent to an activating group) is 1. The number of carbonyl (C=O) groups excluding carboxylic acids is 4. The lowest BCUT2D eigenvalue weighted by atomic mass is 9.83. The Kier molecular flexibility index (Phi) is 16.3. The van der Waals surface area contributed by atoms with Crippen molar-refractivity contribution in [3.8, 4) is 0 Å². The molecule has 2 fully saturated rings. The highest BCUT2D eigenvalue weighted by molar-refractivity contribution is 7.09. The number of methoxy groups -OCH3 is 2. The average Bonchev–Trinajstić information content (AvgIpc) is 3.97. The van der Waals surface area contributed by atoms with E-state index in [9.17, 15) is 19.2 Å². The zero-order valence-electron chi connectivity index (χ0n) is 33.6. The molecule has 9 atom stereocenters. The van der Waals surface area contributed by atoms with Crippen LogP contribution in [0.25, 0.3) is 0 Å². The van der Waals surface area contributed by atoms with Crippen LogP contribution in [0.5, 0.6) is 0 Å². The maximum Gasteiger partial charge on any atom is 0.226 e. The average molecular weight is 771 g/mol. The number of ether oxygens (including phenoxy) is 2. The third-order valence-corrected chi connectivity index (χ3v) is 13.0. The standard InChI is InChI=1S/C42H63FN4O6S/c1-9-28(4)38(46(6)41(51)32(27(2)3)24-36(49)42(43)17-18-44-26-42)35(52-7)25-37(50)47-20-13-16-33(47)39(53-8)29(5)34(48)23-31(40-45-19-21-54-40)22-30-14-11-10-12-15-30/h10-12,14-15,19,21,27-29,31-33,35,38-39,44H,9,13,16-18,20,22-26H2,1-8H3/t28-,29-,31+,32-,33-,35+,38-,39+,42+/m0/s1. The fraction of sp³-hybridized carbons (Fsp3) is 0.690.